The highest BCUT2D eigenvalue weighted by Crippen LogP contribution is 2.32. The van der Waals surface area contributed by atoms with Crippen LogP contribution in [0.5, 0.6) is 11.5 Å². The molecule has 1 amide bonds. The van der Waals surface area contributed by atoms with E-state index in [1.807, 2.05) is 0 Å². The largest absolute Gasteiger partial charge is 0.486 e. The Labute approximate surface area is 167 Å². The standard InChI is InChI=1S/C21H21FN2O5/c22-14-3-1-13(2-4-14)12-29-20-11-23-16(10-17(20)25)21(26)24-15-5-6-18-19(9-15)28-8-7-27-18/h1-6,9,16,20,23H,7-8,10-12H2,(H,24,26). The van der Waals surface area contributed by atoms with Crippen LogP contribution < -0.4 is 20.1 Å². The van der Waals surface area contributed by atoms with Gasteiger partial charge in [-0.2, -0.15) is 0 Å². The zero-order chi connectivity index (χ0) is 20.2. The lowest BCUT2D eigenvalue weighted by Gasteiger charge is -2.28. The molecule has 1 saturated heterocycles. The first-order chi connectivity index (χ1) is 14.1. The number of hydrogen-bond donors (Lipinski definition) is 2. The molecule has 4 rings (SSSR count). The Kier molecular flexibility index (Phi) is 5.73. The number of nitrogens with one attached hydrogen (secondary N) is 2. The number of fused-ring (bicyclic) bond motifs is 1. The van der Waals surface area contributed by atoms with Gasteiger partial charge in [-0.3, -0.25) is 9.59 Å². The Morgan fingerprint density at radius 1 is 1.14 bits per heavy atom. The van der Waals surface area contributed by atoms with Crippen molar-refractivity contribution in [3.05, 3.63) is 53.8 Å². The molecule has 0 aliphatic carbocycles. The molecule has 0 spiro atoms. The maximum absolute atomic E-state index is 12.9. The Balaban J connectivity index is 1.29. The summed E-state index contributed by atoms with van der Waals surface area (Å²) in [5.41, 5.74) is 1.35. The van der Waals surface area contributed by atoms with Crippen LogP contribution in [0.15, 0.2) is 42.5 Å². The summed E-state index contributed by atoms with van der Waals surface area (Å²) in [5.74, 6) is 0.452. The molecule has 2 N–H and O–H groups in total. The Morgan fingerprint density at radius 3 is 2.66 bits per heavy atom. The highest BCUT2D eigenvalue weighted by molar-refractivity contribution is 5.99. The number of rotatable bonds is 5. The summed E-state index contributed by atoms with van der Waals surface area (Å²) in [4.78, 5) is 24.9. The predicted octanol–water partition coefficient (Wildman–Crippen LogP) is 2.05. The molecule has 2 aromatic rings. The fraction of sp³-hybridized carbons (Fsp3) is 0.333. The van der Waals surface area contributed by atoms with E-state index in [9.17, 15) is 14.0 Å². The molecule has 2 atom stereocenters. The summed E-state index contributed by atoms with van der Waals surface area (Å²) in [6.45, 7) is 1.39. The van der Waals surface area contributed by atoms with Gasteiger partial charge in [-0.1, -0.05) is 12.1 Å². The molecule has 2 unspecified atom stereocenters. The third kappa shape index (κ3) is 4.72. The van der Waals surface area contributed by atoms with Crippen LogP contribution in [0.25, 0.3) is 0 Å². The number of carbonyl (C=O) groups is 2. The lowest BCUT2D eigenvalue weighted by atomic mass is 10.0. The molecule has 1 fully saturated rings. The van der Waals surface area contributed by atoms with E-state index in [1.54, 1.807) is 30.3 Å². The molecular weight excluding hydrogens is 379 g/mol. The zero-order valence-corrected chi connectivity index (χ0v) is 15.7. The minimum Gasteiger partial charge on any atom is -0.486 e. The number of anilines is 1. The van der Waals surface area contributed by atoms with E-state index in [4.69, 9.17) is 14.2 Å². The average Bonchev–Trinajstić information content (AvgIpc) is 2.74. The minimum absolute atomic E-state index is 0.0322. The molecular formula is C21H21FN2O5. The van der Waals surface area contributed by atoms with Crippen LogP contribution in [0.4, 0.5) is 10.1 Å². The summed E-state index contributed by atoms with van der Waals surface area (Å²) in [6, 6.07) is 10.4. The molecule has 2 aliphatic heterocycles. The van der Waals surface area contributed by atoms with Crippen molar-refractivity contribution in [2.24, 2.45) is 0 Å². The second kappa shape index (κ2) is 8.59. The molecule has 0 aromatic heterocycles. The molecule has 29 heavy (non-hydrogen) atoms. The van der Waals surface area contributed by atoms with Crippen molar-refractivity contribution in [1.82, 2.24) is 5.32 Å². The second-order valence-electron chi connectivity index (χ2n) is 6.91. The minimum atomic E-state index is -0.640. The Morgan fingerprint density at radius 2 is 1.90 bits per heavy atom. The molecule has 2 heterocycles. The number of hydrogen-bond acceptors (Lipinski definition) is 6. The average molecular weight is 400 g/mol. The van der Waals surface area contributed by atoms with Crippen molar-refractivity contribution in [1.29, 1.82) is 0 Å². The maximum atomic E-state index is 12.9. The van der Waals surface area contributed by atoms with Gasteiger partial charge in [-0.15, -0.1) is 0 Å². The molecule has 8 heteroatoms. The predicted molar refractivity (Wildman–Crippen MR) is 102 cm³/mol. The van der Waals surface area contributed by atoms with E-state index in [0.717, 1.165) is 5.56 Å². The fourth-order valence-corrected chi connectivity index (χ4v) is 3.23. The van der Waals surface area contributed by atoms with Crippen LogP contribution in [-0.2, 0) is 20.9 Å². The van der Waals surface area contributed by atoms with Crippen LogP contribution in [-0.4, -0.2) is 43.6 Å². The van der Waals surface area contributed by atoms with Crippen molar-refractivity contribution in [3.8, 4) is 11.5 Å². The lowest BCUT2D eigenvalue weighted by Crippen LogP contribution is -2.53. The number of Topliss-reactive ketones (excluding diaryl/α,β-unsaturated/α-hetero) is 1. The first kappa shape index (κ1) is 19.4. The third-order valence-electron chi connectivity index (χ3n) is 4.80. The van der Waals surface area contributed by atoms with Gasteiger partial charge in [0.15, 0.2) is 17.3 Å². The van der Waals surface area contributed by atoms with Gasteiger partial charge in [0.1, 0.15) is 25.1 Å². The molecule has 0 bridgehead atoms. The summed E-state index contributed by atoms with van der Waals surface area (Å²) in [5, 5.41) is 5.85. The molecule has 0 saturated carbocycles. The van der Waals surface area contributed by atoms with Crippen molar-refractivity contribution in [3.63, 3.8) is 0 Å². The van der Waals surface area contributed by atoms with Gasteiger partial charge in [0, 0.05) is 24.7 Å². The summed E-state index contributed by atoms with van der Waals surface area (Å²) in [7, 11) is 0. The first-order valence-electron chi connectivity index (χ1n) is 9.41. The Hall–Kier alpha value is -2.97. The van der Waals surface area contributed by atoms with Gasteiger partial charge in [-0.25, -0.2) is 4.39 Å². The van der Waals surface area contributed by atoms with Crippen molar-refractivity contribution < 1.29 is 28.2 Å². The summed E-state index contributed by atoms with van der Waals surface area (Å²) < 4.78 is 29.5. The number of halogens is 1. The number of amides is 1. The number of carbonyl (C=O) groups excluding carboxylic acids is 2. The van der Waals surface area contributed by atoms with Crippen LogP contribution in [0.2, 0.25) is 0 Å². The molecule has 7 nitrogen and oxygen atoms in total. The monoisotopic (exact) mass is 400 g/mol. The second-order valence-corrected chi connectivity index (χ2v) is 6.91. The first-order valence-corrected chi connectivity index (χ1v) is 9.41. The van der Waals surface area contributed by atoms with E-state index >= 15 is 0 Å². The van der Waals surface area contributed by atoms with Gasteiger partial charge >= 0.3 is 0 Å². The van der Waals surface area contributed by atoms with E-state index in [1.165, 1.54) is 12.1 Å². The topological polar surface area (TPSA) is 85.9 Å². The van der Waals surface area contributed by atoms with Gasteiger partial charge in [0.05, 0.1) is 12.6 Å². The summed E-state index contributed by atoms with van der Waals surface area (Å²) in [6.07, 6.45) is -0.608. The number of ketones is 1. The van der Waals surface area contributed by atoms with Crippen LogP contribution >= 0.6 is 0 Å². The maximum Gasteiger partial charge on any atom is 0.241 e. The van der Waals surface area contributed by atoms with Crippen molar-refractivity contribution >= 4 is 17.4 Å². The third-order valence-corrected chi connectivity index (χ3v) is 4.80. The molecule has 2 aromatic carbocycles. The fourth-order valence-electron chi connectivity index (χ4n) is 3.23. The van der Waals surface area contributed by atoms with Crippen molar-refractivity contribution in [2.45, 2.75) is 25.2 Å². The van der Waals surface area contributed by atoms with E-state index in [-0.39, 0.29) is 37.1 Å². The van der Waals surface area contributed by atoms with Gasteiger partial charge in [0.2, 0.25) is 5.91 Å². The quantitative estimate of drug-likeness (QED) is 0.799. The smallest absolute Gasteiger partial charge is 0.241 e. The van der Waals surface area contributed by atoms with Crippen LogP contribution in [0.3, 0.4) is 0 Å². The van der Waals surface area contributed by atoms with Crippen LogP contribution in [0.1, 0.15) is 12.0 Å². The van der Waals surface area contributed by atoms with Gasteiger partial charge < -0.3 is 24.8 Å². The number of piperidine rings is 1. The SMILES string of the molecule is O=C(Nc1ccc2c(c1)OCCO2)C1CC(=O)C(OCc2ccc(F)cc2)CN1. The number of benzene rings is 2. The van der Waals surface area contributed by atoms with E-state index in [0.29, 0.717) is 30.4 Å². The molecule has 152 valence electrons. The lowest BCUT2D eigenvalue weighted by molar-refractivity contribution is -0.137. The van der Waals surface area contributed by atoms with Gasteiger partial charge in [0.25, 0.3) is 0 Å². The van der Waals surface area contributed by atoms with E-state index < -0.39 is 12.1 Å². The van der Waals surface area contributed by atoms with Crippen molar-refractivity contribution in [2.75, 3.05) is 25.1 Å². The highest BCUT2D eigenvalue weighted by Gasteiger charge is 2.32. The van der Waals surface area contributed by atoms with E-state index in [2.05, 4.69) is 10.6 Å². The normalized spacial score (nSPS) is 20.9. The molecule has 0 radical (unpaired) electrons. The highest BCUT2D eigenvalue weighted by atomic mass is 19.1. The summed E-state index contributed by atoms with van der Waals surface area (Å²) >= 11 is 0. The Bertz CT molecular complexity index is 902. The zero-order valence-electron chi connectivity index (χ0n) is 15.7. The number of ether oxygens (including phenoxy) is 3. The molecule has 2 aliphatic rings. The van der Waals surface area contributed by atoms with Crippen LogP contribution in [0, 0.1) is 5.82 Å². The van der Waals surface area contributed by atoms with Gasteiger partial charge in [-0.05, 0) is 29.8 Å².